The van der Waals surface area contributed by atoms with Crippen LogP contribution in [0.3, 0.4) is 0 Å². The van der Waals surface area contributed by atoms with Crippen LogP contribution < -0.4 is 5.11 Å². The van der Waals surface area contributed by atoms with Crippen molar-refractivity contribution in [3.63, 3.8) is 0 Å². The third kappa shape index (κ3) is 27.2. The van der Waals surface area contributed by atoms with Crippen molar-refractivity contribution in [2.24, 2.45) is 17.8 Å². The molecule has 1 aromatic rings. The zero-order valence-electron chi connectivity index (χ0n) is 25.3. The highest BCUT2D eigenvalue weighted by Gasteiger charge is 2.21. The lowest BCUT2D eigenvalue weighted by Gasteiger charge is -2.18. The van der Waals surface area contributed by atoms with Crippen LogP contribution in [0.1, 0.15) is 153 Å². The molecular formula is C33H64FO2-. The van der Waals surface area contributed by atoms with Crippen LogP contribution in [0.15, 0.2) is 30.3 Å². The molecular weight excluding hydrogens is 447 g/mol. The van der Waals surface area contributed by atoms with E-state index in [-0.39, 0.29) is 13.8 Å². The predicted molar refractivity (Wildman–Crippen MR) is 159 cm³/mol. The summed E-state index contributed by atoms with van der Waals surface area (Å²) in [6, 6.07) is 10.6. The van der Waals surface area contributed by atoms with Crippen molar-refractivity contribution in [2.75, 3.05) is 0 Å². The van der Waals surface area contributed by atoms with E-state index in [0.717, 1.165) is 24.7 Å². The van der Waals surface area contributed by atoms with Gasteiger partial charge in [-0.25, -0.2) is 4.39 Å². The van der Waals surface area contributed by atoms with Gasteiger partial charge in [-0.2, -0.15) is 0 Å². The summed E-state index contributed by atoms with van der Waals surface area (Å²) < 4.78 is 12.3. The zero-order valence-corrected chi connectivity index (χ0v) is 25.3. The Morgan fingerprint density at radius 2 is 1.19 bits per heavy atom. The first-order chi connectivity index (χ1) is 16.3. The van der Waals surface area contributed by atoms with Gasteiger partial charge in [-0.3, -0.25) is 0 Å². The molecule has 0 N–H and O–H groups in total. The lowest BCUT2D eigenvalue weighted by Crippen LogP contribution is -2.41. The average Bonchev–Trinajstić information content (AvgIpc) is 2.87. The molecule has 0 saturated heterocycles. The van der Waals surface area contributed by atoms with Gasteiger partial charge in [-0.1, -0.05) is 152 Å². The van der Waals surface area contributed by atoms with Gasteiger partial charge in [-0.05, 0) is 49.0 Å². The fourth-order valence-corrected chi connectivity index (χ4v) is 2.56. The van der Waals surface area contributed by atoms with Gasteiger partial charge in [0.05, 0.1) is 5.97 Å². The number of carbonyl (C=O) groups excluding carboxylic acids is 1. The molecule has 3 heteroatoms. The third-order valence-electron chi connectivity index (χ3n) is 6.92. The number of halogens is 1. The van der Waals surface area contributed by atoms with Crippen molar-refractivity contribution in [3.05, 3.63) is 35.9 Å². The second-order valence-electron chi connectivity index (χ2n) is 10.7. The number of carboxylic acids is 1. The van der Waals surface area contributed by atoms with Crippen LogP contribution in [0.25, 0.3) is 0 Å². The molecule has 0 aliphatic carbocycles. The van der Waals surface area contributed by atoms with E-state index in [1.54, 1.807) is 0 Å². The maximum atomic E-state index is 12.3. The normalized spacial score (nSPS) is 14.1. The van der Waals surface area contributed by atoms with Crippen molar-refractivity contribution in [2.45, 2.75) is 153 Å². The lowest BCUT2D eigenvalue weighted by atomic mass is 9.97. The number of unbranched alkanes of at least 4 members (excludes halogenated alkanes) is 1. The first-order valence-corrected chi connectivity index (χ1v) is 14.3. The summed E-state index contributed by atoms with van der Waals surface area (Å²) in [6.45, 7) is 22.9. The van der Waals surface area contributed by atoms with Gasteiger partial charge in [0.1, 0.15) is 5.67 Å². The molecule has 0 fully saturated rings. The summed E-state index contributed by atoms with van der Waals surface area (Å²) in [5.74, 6) is 1.85. The van der Waals surface area contributed by atoms with E-state index in [2.05, 4.69) is 92.6 Å². The summed E-state index contributed by atoms with van der Waals surface area (Å²) in [5.41, 5.74) is -0.704. The Hall–Kier alpha value is -1.38. The van der Waals surface area contributed by atoms with E-state index in [4.69, 9.17) is 0 Å². The quantitative estimate of drug-likeness (QED) is 0.262. The maximum absolute atomic E-state index is 12.3. The number of aliphatic carboxylic acids is 1. The molecule has 36 heavy (non-hydrogen) atoms. The highest BCUT2D eigenvalue weighted by molar-refractivity contribution is 5.74. The first-order valence-electron chi connectivity index (χ1n) is 14.3. The Bertz CT molecular complexity index is 556. The maximum Gasteiger partial charge on any atom is 0.147 e. The molecule has 0 bridgehead atoms. The zero-order chi connectivity index (χ0) is 27.9. The van der Waals surface area contributed by atoms with Gasteiger partial charge in [0.15, 0.2) is 0 Å². The largest absolute Gasteiger partial charge is 0.547 e. The van der Waals surface area contributed by atoms with Crippen LogP contribution in [-0.4, -0.2) is 11.6 Å². The number of benzene rings is 1. The minimum atomic E-state index is -2.15. The molecule has 0 aliphatic rings. The van der Waals surface area contributed by atoms with E-state index in [9.17, 15) is 14.3 Å². The Balaban J connectivity index is -0.000000196. The Kier molecular flexibility index (Phi) is 30.9. The number of hydrogen-bond acceptors (Lipinski definition) is 2. The van der Waals surface area contributed by atoms with Crippen LogP contribution in [-0.2, 0) is 4.79 Å². The van der Waals surface area contributed by atoms with Crippen molar-refractivity contribution < 1.29 is 14.3 Å². The van der Waals surface area contributed by atoms with E-state index < -0.39 is 11.6 Å². The fraction of sp³-hybridized carbons (Fsp3) is 0.788. The molecule has 0 aromatic heterocycles. The molecule has 0 saturated carbocycles. The molecule has 0 amide bonds. The summed E-state index contributed by atoms with van der Waals surface area (Å²) in [6.07, 6.45) is 10.9. The molecule has 0 radical (unpaired) electrons. The number of hydrogen-bond donors (Lipinski definition) is 0. The van der Waals surface area contributed by atoms with Crippen LogP contribution in [0.2, 0.25) is 0 Å². The standard InChI is InChI=1S/C12H26.C10H14.C5H9FO2.C5H12.CH4/c1-5-11(3)9-7-8-10-12(4)6-2;1-3-9(2)10-7-5-4-6-8-10;1-3-5(2,6)4(7)8;1-4-5(2)3;/h11-12H,5-10H2,1-4H3;4-9H,3H2,1-2H3;3H2,1-2H3,(H,7,8);5H,4H2,1-3H3;1H4/p-1. The van der Waals surface area contributed by atoms with Gasteiger partial charge < -0.3 is 9.90 Å². The van der Waals surface area contributed by atoms with Crippen LogP contribution in [0, 0.1) is 17.8 Å². The van der Waals surface area contributed by atoms with Crippen molar-refractivity contribution >= 4 is 5.97 Å². The summed E-state index contributed by atoms with van der Waals surface area (Å²) in [4.78, 5) is 9.77. The van der Waals surface area contributed by atoms with E-state index >= 15 is 0 Å². The molecule has 216 valence electrons. The van der Waals surface area contributed by atoms with Gasteiger partial charge >= 0.3 is 0 Å². The highest BCUT2D eigenvalue weighted by atomic mass is 19.1. The van der Waals surface area contributed by atoms with E-state index in [1.807, 2.05) is 0 Å². The van der Waals surface area contributed by atoms with Gasteiger partial charge in [0, 0.05) is 0 Å². The van der Waals surface area contributed by atoms with E-state index in [1.165, 1.54) is 63.9 Å². The van der Waals surface area contributed by atoms with Gasteiger partial charge in [0.25, 0.3) is 0 Å². The summed E-state index contributed by atoms with van der Waals surface area (Å²) in [5, 5.41) is 9.77. The molecule has 4 unspecified atom stereocenters. The van der Waals surface area contributed by atoms with Crippen LogP contribution in [0.4, 0.5) is 4.39 Å². The second-order valence-corrected chi connectivity index (χ2v) is 10.7. The van der Waals surface area contributed by atoms with Crippen molar-refractivity contribution in [1.82, 2.24) is 0 Å². The minimum absolute atomic E-state index is 0. The van der Waals surface area contributed by atoms with Gasteiger partial charge in [-0.15, -0.1) is 0 Å². The topological polar surface area (TPSA) is 40.1 Å². The fourth-order valence-electron chi connectivity index (χ4n) is 2.56. The van der Waals surface area contributed by atoms with Gasteiger partial charge in [0.2, 0.25) is 0 Å². The Morgan fingerprint density at radius 3 is 1.42 bits per heavy atom. The molecule has 0 aliphatic heterocycles. The lowest BCUT2D eigenvalue weighted by molar-refractivity contribution is -0.318. The number of alkyl halides is 1. The van der Waals surface area contributed by atoms with E-state index in [0.29, 0.717) is 5.92 Å². The average molecular weight is 512 g/mol. The molecule has 0 spiro atoms. The van der Waals surface area contributed by atoms with Crippen LogP contribution in [0.5, 0.6) is 0 Å². The summed E-state index contributed by atoms with van der Waals surface area (Å²) >= 11 is 0. The monoisotopic (exact) mass is 511 g/mol. The number of rotatable bonds is 12. The minimum Gasteiger partial charge on any atom is -0.547 e. The SMILES string of the molecule is C.CCC(C)(F)C(=O)[O-].CCC(C)C.CCC(C)CCCCC(C)CC.CCC(C)c1ccccc1. The molecule has 1 aromatic carbocycles. The first kappa shape index (κ1) is 41.7. The Labute approximate surface area is 226 Å². The number of carbonyl (C=O) groups is 1. The second kappa shape index (κ2) is 26.7. The van der Waals surface area contributed by atoms with Crippen molar-refractivity contribution in [3.8, 4) is 0 Å². The Morgan fingerprint density at radius 1 is 0.806 bits per heavy atom. The van der Waals surface area contributed by atoms with Crippen molar-refractivity contribution in [1.29, 1.82) is 0 Å². The molecule has 2 nitrogen and oxygen atoms in total. The molecule has 1 rings (SSSR count). The van der Waals surface area contributed by atoms with Crippen LogP contribution >= 0.6 is 0 Å². The predicted octanol–water partition coefficient (Wildman–Crippen LogP) is 10.4. The molecule has 4 atom stereocenters. The third-order valence-corrected chi connectivity index (χ3v) is 6.92. The smallest absolute Gasteiger partial charge is 0.147 e. The number of carboxylic acid groups (broad SMARTS) is 1. The molecule has 0 heterocycles. The highest BCUT2D eigenvalue weighted by Crippen LogP contribution is 2.17. The summed E-state index contributed by atoms with van der Waals surface area (Å²) in [7, 11) is 0.